The number of methoxy groups -OCH3 is 1. The van der Waals surface area contributed by atoms with Gasteiger partial charge in [-0.3, -0.25) is 24.7 Å². The van der Waals surface area contributed by atoms with E-state index in [0.717, 1.165) is 106 Å². The van der Waals surface area contributed by atoms with E-state index in [1.807, 2.05) is 43.5 Å². The Morgan fingerprint density at radius 1 is 0.963 bits per heavy atom. The van der Waals surface area contributed by atoms with Crippen molar-refractivity contribution in [3.05, 3.63) is 124 Å². The molecule has 2 aliphatic carbocycles. The van der Waals surface area contributed by atoms with Crippen molar-refractivity contribution in [3.8, 4) is 17.5 Å². The number of nitrogens with zero attached hydrogens (tertiary/aromatic N) is 7. The summed E-state index contributed by atoms with van der Waals surface area (Å²) in [5.41, 5.74) is 4.31. The van der Waals surface area contributed by atoms with E-state index >= 15 is 0 Å². The van der Waals surface area contributed by atoms with Gasteiger partial charge in [0.25, 0.3) is 21.6 Å². The van der Waals surface area contributed by atoms with Crippen molar-refractivity contribution in [1.82, 2.24) is 29.5 Å². The van der Waals surface area contributed by atoms with Gasteiger partial charge in [-0.15, -0.1) is 0 Å². The molecule has 4 N–H and O–H groups in total. The normalized spacial score (nSPS) is 24.1. The number of pyridine rings is 2. The highest BCUT2D eigenvalue weighted by molar-refractivity contribution is 7.90. The molecule has 6 aliphatic rings. The van der Waals surface area contributed by atoms with Crippen LogP contribution in [0.15, 0.2) is 102 Å². The molecule has 21 heteroatoms. The van der Waals surface area contributed by atoms with E-state index in [9.17, 15) is 28.4 Å². The number of fused-ring (bicyclic) bond motifs is 3. The lowest BCUT2D eigenvalue weighted by molar-refractivity contribution is -0.384. The van der Waals surface area contributed by atoms with E-state index in [-0.39, 0.29) is 47.4 Å². The van der Waals surface area contributed by atoms with Crippen LogP contribution in [-0.2, 0) is 21.3 Å². The van der Waals surface area contributed by atoms with Crippen molar-refractivity contribution in [2.45, 2.75) is 126 Å². The van der Waals surface area contributed by atoms with Gasteiger partial charge in [-0.05, 0) is 144 Å². The van der Waals surface area contributed by atoms with Crippen molar-refractivity contribution in [2.75, 3.05) is 74.7 Å². The highest BCUT2D eigenvalue weighted by Crippen LogP contribution is 2.54. The number of rotatable bonds is 16. The topological polar surface area (TPSA) is 230 Å². The number of piperazine rings is 1. The molecule has 6 aromatic rings. The van der Waals surface area contributed by atoms with Gasteiger partial charge < -0.3 is 44.2 Å². The summed E-state index contributed by atoms with van der Waals surface area (Å²) in [5, 5.41) is 26.9. The van der Waals surface area contributed by atoms with Crippen LogP contribution in [0.2, 0.25) is 0 Å². The van der Waals surface area contributed by atoms with Crippen LogP contribution in [-0.4, -0.2) is 139 Å². The van der Waals surface area contributed by atoms with Crippen LogP contribution >= 0.6 is 0 Å². The number of benzene rings is 3. The number of piperidine rings is 1. The average Bonchev–Trinajstić information content (AvgIpc) is 2.79. The number of hydrogen-bond donors (Lipinski definition) is 4. The van der Waals surface area contributed by atoms with Crippen molar-refractivity contribution < 1.29 is 42.2 Å². The number of sulfonamides is 1. The fourth-order valence-corrected chi connectivity index (χ4v) is 14.6. The van der Waals surface area contributed by atoms with Crippen molar-refractivity contribution >= 4 is 55.4 Å². The van der Waals surface area contributed by atoms with Gasteiger partial charge in [-0.2, -0.15) is 4.98 Å². The lowest BCUT2D eigenvalue weighted by Crippen LogP contribution is -2.59. The van der Waals surface area contributed by atoms with Gasteiger partial charge >= 0.3 is 0 Å². The predicted octanol–water partition coefficient (Wildman–Crippen LogP) is 9.13. The molecular weight excluding hydrogens is 1060 g/mol. The number of H-pyrrole nitrogens is 1. The standard InChI is InChI=1S/C61H74N10O10S/c1-39(2)80-54-8-6-5-7-46(54)53-37-67(36-41-9-14-56(78-4)64-35-41)26-27-69(53)44-32-61(33-44)21-24-68(25-22-61)43-10-12-47(50(30-43)70-49-18-28-79-38-55(49)81-59-52(70)29-42-17-23-62-57(42)65-59)58(72)66-82(76,77)45-11-13-48(51(31-45)71(74)75)63-34-40-15-19-60(3,73)20-16-40/h5-14,17,23,29-31,35,39-40,44,49,53,55,63,73H,15-16,18-22,24-28,32-34,36-38H2,1-4H3,(H,62,65)(H,66,72)/t40?,49-,53+,55-,60?/m0/s1. The summed E-state index contributed by atoms with van der Waals surface area (Å²) in [6.07, 6.45) is 10.8. The minimum atomic E-state index is -4.65. The van der Waals surface area contributed by atoms with E-state index in [0.29, 0.717) is 67.2 Å². The number of hydrogen-bond acceptors (Lipinski definition) is 17. The number of anilines is 4. The maximum atomic E-state index is 14.8. The van der Waals surface area contributed by atoms with E-state index in [1.165, 1.54) is 17.7 Å². The predicted molar refractivity (Wildman–Crippen MR) is 312 cm³/mol. The monoisotopic (exact) mass is 1140 g/mol. The molecular formula is C61H74N10O10S. The van der Waals surface area contributed by atoms with Crippen LogP contribution in [0, 0.1) is 21.4 Å². The Labute approximate surface area is 478 Å². The third kappa shape index (κ3) is 11.4. The first-order valence-electron chi connectivity index (χ1n) is 29.0. The summed E-state index contributed by atoms with van der Waals surface area (Å²) in [5.74, 6) is 1.19. The average molecular weight is 1140 g/mol. The molecule has 3 aromatic heterocycles. The number of ether oxygens (including phenoxy) is 4. The van der Waals surface area contributed by atoms with E-state index in [2.05, 4.69) is 83.8 Å². The van der Waals surface area contributed by atoms with Crippen LogP contribution < -0.4 is 34.0 Å². The van der Waals surface area contributed by atoms with Gasteiger partial charge in [0.05, 0.1) is 58.6 Å². The van der Waals surface area contributed by atoms with Gasteiger partial charge in [0.15, 0.2) is 0 Å². The van der Waals surface area contributed by atoms with Gasteiger partial charge in [0.1, 0.15) is 28.9 Å². The number of para-hydroxylation sites is 1. The van der Waals surface area contributed by atoms with Crippen LogP contribution in [0.5, 0.6) is 17.5 Å². The maximum absolute atomic E-state index is 14.8. The third-order valence-electron chi connectivity index (χ3n) is 18.1. The summed E-state index contributed by atoms with van der Waals surface area (Å²) < 4.78 is 55.1. The lowest BCUT2D eigenvalue weighted by Gasteiger charge is -2.58. The summed E-state index contributed by atoms with van der Waals surface area (Å²) >= 11 is 0. The third-order valence-corrected chi connectivity index (χ3v) is 19.4. The highest BCUT2D eigenvalue weighted by Gasteiger charge is 2.51. The Hall–Kier alpha value is -7.04. The molecule has 7 heterocycles. The Balaban J connectivity index is 0.798. The number of aromatic nitrogens is 3. The molecule has 5 fully saturated rings. The van der Waals surface area contributed by atoms with Crippen molar-refractivity contribution in [3.63, 3.8) is 0 Å². The molecule has 1 amide bonds. The number of nitro benzene ring substituents is 1. The van der Waals surface area contributed by atoms with Gasteiger partial charge in [0.2, 0.25) is 11.8 Å². The summed E-state index contributed by atoms with van der Waals surface area (Å²) in [7, 11) is -3.01. The number of carbonyl (C=O) groups is 1. The zero-order valence-corrected chi connectivity index (χ0v) is 47.9. The SMILES string of the molecule is COc1ccc(CN2CCN(C3CC4(CCN(c5ccc(C(=O)NS(=O)(=O)c6ccc(NCC7CCC(C)(O)CC7)c([N+](=O)[O-])c6)c(N6c7cc8cc[nH]c8nc7O[C@H]7COCC[C@@H]76)c5)CC4)C3)[C@@H](c3ccccc3OC(C)C)C2)cn1. The Kier molecular flexibility index (Phi) is 15.3. The Morgan fingerprint density at radius 2 is 1.77 bits per heavy atom. The number of nitro groups is 1. The van der Waals surface area contributed by atoms with Crippen molar-refractivity contribution in [2.24, 2.45) is 11.3 Å². The van der Waals surface area contributed by atoms with E-state index < -0.39 is 43.1 Å². The molecule has 0 bridgehead atoms. The van der Waals surface area contributed by atoms with Gasteiger partial charge in [-0.1, -0.05) is 24.3 Å². The minimum Gasteiger partial charge on any atom is -0.491 e. The second-order valence-electron chi connectivity index (χ2n) is 24.0. The molecule has 0 unspecified atom stereocenters. The molecule has 0 radical (unpaired) electrons. The smallest absolute Gasteiger partial charge is 0.293 e. The van der Waals surface area contributed by atoms with Gasteiger partial charge in [0, 0.05) is 99.6 Å². The molecule has 82 heavy (non-hydrogen) atoms. The lowest BCUT2D eigenvalue weighted by atomic mass is 9.59. The number of amides is 1. The summed E-state index contributed by atoms with van der Waals surface area (Å²) in [6, 6.07) is 25.9. The molecule has 3 saturated heterocycles. The Bertz CT molecular complexity index is 3420. The van der Waals surface area contributed by atoms with Crippen LogP contribution in [0.3, 0.4) is 0 Å². The number of aromatic amines is 1. The first-order chi connectivity index (χ1) is 39.5. The van der Waals surface area contributed by atoms with Crippen LogP contribution in [0.25, 0.3) is 11.0 Å². The number of carbonyl (C=O) groups excluding carboxylic acids is 1. The van der Waals surface area contributed by atoms with E-state index in [1.54, 1.807) is 19.4 Å². The fourth-order valence-electron chi connectivity index (χ4n) is 13.6. The highest BCUT2D eigenvalue weighted by atomic mass is 32.2. The molecule has 1 spiro atoms. The molecule has 3 atom stereocenters. The summed E-state index contributed by atoms with van der Waals surface area (Å²) in [6.45, 7) is 12.2. The molecule has 12 rings (SSSR count). The maximum Gasteiger partial charge on any atom is 0.293 e. The summed E-state index contributed by atoms with van der Waals surface area (Å²) in [4.78, 5) is 48.5. The zero-order chi connectivity index (χ0) is 56.9. The minimum absolute atomic E-state index is 0.0391. The fraction of sp³-hybridized carbons (Fsp3) is 0.492. The van der Waals surface area contributed by atoms with Crippen molar-refractivity contribution in [1.29, 1.82) is 0 Å². The number of nitrogens with one attached hydrogen (secondary N) is 3. The quantitative estimate of drug-likeness (QED) is 0.0523. The van der Waals surface area contributed by atoms with Gasteiger partial charge in [-0.25, -0.2) is 18.1 Å². The number of aliphatic hydroxyl groups is 1. The first kappa shape index (κ1) is 55.5. The molecule has 434 valence electrons. The molecule has 4 aliphatic heterocycles. The second kappa shape index (κ2) is 22.6. The van der Waals surface area contributed by atoms with E-state index in [4.69, 9.17) is 23.9 Å². The Morgan fingerprint density at radius 3 is 2.52 bits per heavy atom. The zero-order valence-electron chi connectivity index (χ0n) is 47.1. The van der Waals surface area contributed by atoms with Crippen LogP contribution in [0.1, 0.15) is 106 Å². The first-order valence-corrected chi connectivity index (χ1v) is 30.4. The molecule has 3 aromatic carbocycles. The van der Waals surface area contributed by atoms with Crippen LogP contribution in [0.4, 0.5) is 28.4 Å². The second-order valence-corrected chi connectivity index (χ2v) is 25.7. The molecule has 2 saturated carbocycles. The largest absolute Gasteiger partial charge is 0.491 e. The molecule has 20 nitrogen and oxygen atoms in total.